The molecule has 6 heteroatoms. The molecule has 0 aliphatic rings. The number of hydrogen-bond acceptors (Lipinski definition) is 3. The molecule has 3 rings (SSSR count). The van der Waals surface area contributed by atoms with Gasteiger partial charge >= 0.3 is 6.18 Å². The van der Waals surface area contributed by atoms with Crippen molar-refractivity contribution in [1.29, 1.82) is 0 Å². The fourth-order valence-electron chi connectivity index (χ4n) is 2.54. The van der Waals surface area contributed by atoms with Crippen LogP contribution in [0.4, 0.5) is 13.2 Å². The molecule has 0 bridgehead atoms. The van der Waals surface area contributed by atoms with Gasteiger partial charge in [-0.25, -0.2) is 4.98 Å². The van der Waals surface area contributed by atoms with Crippen molar-refractivity contribution in [2.75, 3.05) is 7.05 Å². The van der Waals surface area contributed by atoms with Crippen molar-refractivity contribution in [1.82, 2.24) is 9.88 Å². The van der Waals surface area contributed by atoms with E-state index in [4.69, 9.17) is 4.42 Å². The molecule has 0 atom stereocenters. The van der Waals surface area contributed by atoms with Crippen LogP contribution in [0.25, 0.3) is 11.5 Å². The second kappa shape index (κ2) is 7.11. The molecule has 0 unspecified atom stereocenters. The minimum absolute atomic E-state index is 0.317. The zero-order valence-corrected chi connectivity index (χ0v) is 13.6. The van der Waals surface area contributed by atoms with E-state index in [2.05, 4.69) is 9.88 Å². The van der Waals surface area contributed by atoms with E-state index in [0.29, 0.717) is 18.0 Å². The van der Waals surface area contributed by atoms with Crippen LogP contribution in [0.15, 0.2) is 65.3 Å². The van der Waals surface area contributed by atoms with Gasteiger partial charge in [0.2, 0.25) is 5.89 Å². The Labute approximate surface area is 143 Å². The first-order valence-corrected chi connectivity index (χ1v) is 7.76. The number of halogens is 3. The van der Waals surface area contributed by atoms with Gasteiger partial charge in [-0.2, -0.15) is 13.2 Å². The first-order chi connectivity index (χ1) is 11.9. The molecule has 0 aliphatic heterocycles. The van der Waals surface area contributed by atoms with Crippen LogP contribution in [0.3, 0.4) is 0 Å². The maximum atomic E-state index is 12.6. The Morgan fingerprint density at radius 1 is 0.960 bits per heavy atom. The van der Waals surface area contributed by atoms with Crippen LogP contribution in [0.2, 0.25) is 0 Å². The lowest BCUT2D eigenvalue weighted by molar-refractivity contribution is -0.137. The Bertz CT molecular complexity index is 811. The number of oxazole rings is 1. The molecular weight excluding hydrogens is 329 g/mol. The van der Waals surface area contributed by atoms with Crippen LogP contribution in [-0.4, -0.2) is 16.9 Å². The average Bonchev–Trinajstić information content (AvgIpc) is 3.03. The molecule has 1 heterocycles. The average molecular weight is 346 g/mol. The van der Waals surface area contributed by atoms with E-state index >= 15 is 0 Å². The first kappa shape index (κ1) is 17.2. The molecule has 0 saturated carbocycles. The van der Waals surface area contributed by atoms with Crippen molar-refractivity contribution in [2.24, 2.45) is 0 Å². The second-order valence-corrected chi connectivity index (χ2v) is 5.88. The van der Waals surface area contributed by atoms with Crippen molar-refractivity contribution in [3.8, 4) is 11.5 Å². The van der Waals surface area contributed by atoms with Gasteiger partial charge in [-0.1, -0.05) is 30.3 Å². The number of hydrogen-bond donors (Lipinski definition) is 0. The highest BCUT2D eigenvalue weighted by Gasteiger charge is 2.30. The monoisotopic (exact) mass is 346 g/mol. The Hall–Kier alpha value is -2.60. The fraction of sp³-hybridized carbons (Fsp3) is 0.211. The molecule has 0 fully saturated rings. The Morgan fingerprint density at radius 2 is 1.64 bits per heavy atom. The van der Waals surface area contributed by atoms with Crippen molar-refractivity contribution >= 4 is 0 Å². The highest BCUT2D eigenvalue weighted by Crippen LogP contribution is 2.30. The van der Waals surface area contributed by atoms with Gasteiger partial charge in [0, 0.05) is 18.7 Å². The Kier molecular flexibility index (Phi) is 4.90. The van der Waals surface area contributed by atoms with Crippen LogP contribution in [0.1, 0.15) is 16.8 Å². The van der Waals surface area contributed by atoms with E-state index in [9.17, 15) is 13.2 Å². The maximum Gasteiger partial charge on any atom is 0.416 e. The normalized spacial score (nSPS) is 11.9. The fourth-order valence-corrected chi connectivity index (χ4v) is 2.54. The predicted molar refractivity (Wildman–Crippen MR) is 88.6 cm³/mol. The van der Waals surface area contributed by atoms with E-state index in [1.54, 1.807) is 0 Å². The SMILES string of the molecule is CN(Cc1ccccc1)Cc1coc(-c2ccc(C(F)(F)F)cc2)n1. The Morgan fingerprint density at radius 3 is 2.28 bits per heavy atom. The lowest BCUT2D eigenvalue weighted by Crippen LogP contribution is -2.17. The largest absolute Gasteiger partial charge is 0.444 e. The molecule has 0 aliphatic carbocycles. The van der Waals surface area contributed by atoms with Gasteiger partial charge in [0.15, 0.2) is 0 Å². The summed E-state index contributed by atoms with van der Waals surface area (Å²) in [7, 11) is 1.97. The van der Waals surface area contributed by atoms with E-state index in [-0.39, 0.29) is 0 Å². The number of alkyl halides is 3. The number of nitrogens with zero attached hydrogens (tertiary/aromatic N) is 2. The standard InChI is InChI=1S/C19H17F3N2O/c1-24(11-14-5-3-2-4-6-14)12-17-13-25-18(23-17)15-7-9-16(10-8-15)19(20,21)22/h2-10,13H,11-12H2,1H3. The smallest absolute Gasteiger partial charge is 0.416 e. The van der Waals surface area contributed by atoms with Crippen LogP contribution >= 0.6 is 0 Å². The van der Waals surface area contributed by atoms with Gasteiger partial charge < -0.3 is 4.42 Å². The molecule has 0 radical (unpaired) electrons. The molecule has 0 N–H and O–H groups in total. The van der Waals surface area contributed by atoms with Crippen LogP contribution in [-0.2, 0) is 19.3 Å². The molecule has 0 amide bonds. The van der Waals surface area contributed by atoms with Gasteiger partial charge in [0.25, 0.3) is 0 Å². The van der Waals surface area contributed by atoms with Gasteiger partial charge in [-0.3, -0.25) is 4.90 Å². The molecule has 130 valence electrons. The third-order valence-electron chi connectivity index (χ3n) is 3.74. The van der Waals surface area contributed by atoms with E-state index in [1.165, 1.54) is 24.0 Å². The third-order valence-corrected chi connectivity index (χ3v) is 3.74. The maximum absolute atomic E-state index is 12.6. The van der Waals surface area contributed by atoms with E-state index in [0.717, 1.165) is 24.4 Å². The van der Waals surface area contributed by atoms with Crippen LogP contribution in [0, 0.1) is 0 Å². The van der Waals surface area contributed by atoms with E-state index < -0.39 is 11.7 Å². The summed E-state index contributed by atoms with van der Waals surface area (Å²) in [6.07, 6.45) is -2.81. The quantitative estimate of drug-likeness (QED) is 0.652. The summed E-state index contributed by atoms with van der Waals surface area (Å²) in [6, 6.07) is 14.8. The van der Waals surface area contributed by atoms with Crippen molar-refractivity contribution < 1.29 is 17.6 Å². The van der Waals surface area contributed by atoms with Gasteiger partial charge in [-0.15, -0.1) is 0 Å². The topological polar surface area (TPSA) is 29.3 Å². The highest BCUT2D eigenvalue weighted by atomic mass is 19.4. The van der Waals surface area contributed by atoms with Crippen molar-refractivity contribution in [3.63, 3.8) is 0 Å². The van der Waals surface area contributed by atoms with Crippen molar-refractivity contribution in [3.05, 3.63) is 77.7 Å². The molecule has 1 aromatic heterocycles. The summed E-state index contributed by atoms with van der Waals surface area (Å²) in [4.78, 5) is 6.45. The Balaban J connectivity index is 1.66. The first-order valence-electron chi connectivity index (χ1n) is 7.76. The zero-order valence-electron chi connectivity index (χ0n) is 13.6. The van der Waals surface area contributed by atoms with Gasteiger partial charge in [-0.05, 0) is 36.9 Å². The molecule has 0 spiro atoms. The highest BCUT2D eigenvalue weighted by molar-refractivity contribution is 5.54. The summed E-state index contributed by atoms with van der Waals surface area (Å²) in [5.74, 6) is 0.317. The third kappa shape index (κ3) is 4.48. The van der Waals surface area contributed by atoms with Crippen molar-refractivity contribution in [2.45, 2.75) is 19.3 Å². The molecule has 3 nitrogen and oxygen atoms in total. The minimum atomic E-state index is -4.35. The number of rotatable bonds is 5. The number of benzene rings is 2. The lowest BCUT2D eigenvalue weighted by Gasteiger charge is -2.14. The van der Waals surface area contributed by atoms with E-state index in [1.807, 2.05) is 37.4 Å². The summed E-state index contributed by atoms with van der Waals surface area (Å²) in [5.41, 5.74) is 1.75. The predicted octanol–water partition coefficient (Wildman–Crippen LogP) is 4.99. The molecule has 0 saturated heterocycles. The molecule has 25 heavy (non-hydrogen) atoms. The second-order valence-electron chi connectivity index (χ2n) is 5.88. The number of aromatic nitrogens is 1. The summed E-state index contributed by atoms with van der Waals surface area (Å²) >= 11 is 0. The summed E-state index contributed by atoms with van der Waals surface area (Å²) in [6.45, 7) is 1.35. The zero-order chi connectivity index (χ0) is 17.9. The molecule has 3 aromatic rings. The van der Waals surface area contributed by atoms with Gasteiger partial charge in [0.1, 0.15) is 6.26 Å². The lowest BCUT2D eigenvalue weighted by atomic mass is 10.1. The van der Waals surface area contributed by atoms with Crippen LogP contribution < -0.4 is 0 Å². The van der Waals surface area contributed by atoms with Gasteiger partial charge in [0.05, 0.1) is 11.3 Å². The van der Waals surface area contributed by atoms with Crippen LogP contribution in [0.5, 0.6) is 0 Å². The molecule has 2 aromatic carbocycles. The summed E-state index contributed by atoms with van der Waals surface area (Å²) < 4.78 is 43.2. The summed E-state index contributed by atoms with van der Waals surface area (Å²) in [5, 5.41) is 0. The molecular formula is C19H17F3N2O. The minimum Gasteiger partial charge on any atom is -0.444 e.